The molecule has 238 valence electrons. The highest BCUT2D eigenvalue weighted by Gasteiger charge is 2.48. The lowest BCUT2D eigenvalue weighted by Gasteiger charge is -2.53. The van der Waals surface area contributed by atoms with Crippen LogP contribution in [0.5, 0.6) is 5.88 Å². The summed E-state index contributed by atoms with van der Waals surface area (Å²) in [6, 6.07) is 5.51. The van der Waals surface area contributed by atoms with Gasteiger partial charge in [0.25, 0.3) is 0 Å². The highest BCUT2D eigenvalue weighted by molar-refractivity contribution is 5.90. The van der Waals surface area contributed by atoms with Crippen molar-refractivity contribution in [1.29, 1.82) is 5.26 Å². The monoisotopic (exact) mass is 634 g/mol. The molecule has 0 aromatic carbocycles. The lowest BCUT2D eigenvalue weighted by atomic mass is 9.82. The normalized spacial score (nSPS) is 20.6. The molecule has 1 saturated heterocycles. The summed E-state index contributed by atoms with van der Waals surface area (Å²) in [6.45, 7) is -0.682. The number of halogens is 6. The van der Waals surface area contributed by atoms with Crippen LogP contribution in [-0.4, -0.2) is 77.6 Å². The number of H-pyrrole nitrogens is 1. The number of likely N-dealkylation sites (tertiary alicyclic amines) is 1. The van der Waals surface area contributed by atoms with Crippen molar-refractivity contribution < 1.29 is 31.1 Å². The number of aromatic nitrogens is 7. The van der Waals surface area contributed by atoms with E-state index in [2.05, 4.69) is 41.0 Å². The maximum Gasteiger partial charge on any atom is 0.451 e. The smallest absolute Gasteiger partial charge is 0.451 e. The van der Waals surface area contributed by atoms with E-state index in [0.29, 0.717) is 44.4 Å². The minimum atomic E-state index is -4.89. The molecule has 5 heterocycles. The molecule has 11 nitrogen and oxygen atoms in total. The number of nitrogens with zero attached hydrogens (tertiary/aromatic N) is 8. The number of hydrogen-bond donors (Lipinski definition) is 2. The molecule has 0 unspecified atom stereocenters. The van der Waals surface area contributed by atoms with Gasteiger partial charge < -0.3 is 15.0 Å². The zero-order valence-corrected chi connectivity index (χ0v) is 23.7. The largest absolute Gasteiger partial charge is 0.474 e. The van der Waals surface area contributed by atoms with Gasteiger partial charge in [-0.15, -0.1) is 0 Å². The summed E-state index contributed by atoms with van der Waals surface area (Å²) in [4.78, 5) is 20.8. The van der Waals surface area contributed by atoms with Crippen LogP contribution in [0, 0.1) is 11.3 Å². The fourth-order valence-electron chi connectivity index (χ4n) is 6.04. The van der Waals surface area contributed by atoms with Crippen LogP contribution in [0.25, 0.3) is 22.3 Å². The Hall–Kier alpha value is -4.30. The Morgan fingerprint density at radius 2 is 1.87 bits per heavy atom. The predicted molar refractivity (Wildman–Crippen MR) is 146 cm³/mol. The van der Waals surface area contributed by atoms with E-state index in [1.54, 1.807) is 12.4 Å². The third kappa shape index (κ3) is 6.71. The van der Waals surface area contributed by atoms with Crippen LogP contribution in [0.15, 0.2) is 37.1 Å². The second-order valence-corrected chi connectivity index (χ2v) is 11.4. The van der Waals surface area contributed by atoms with Gasteiger partial charge in [-0.25, -0.2) is 15.0 Å². The van der Waals surface area contributed by atoms with Crippen molar-refractivity contribution in [1.82, 2.24) is 44.9 Å². The fourth-order valence-corrected chi connectivity index (χ4v) is 6.04. The molecule has 0 bridgehead atoms. The lowest BCUT2D eigenvalue weighted by Crippen LogP contribution is -2.65. The van der Waals surface area contributed by atoms with Crippen LogP contribution in [-0.2, 0) is 18.3 Å². The Kier molecular flexibility index (Phi) is 8.12. The molecule has 2 fully saturated rings. The first-order valence-electron chi connectivity index (χ1n) is 14.3. The van der Waals surface area contributed by atoms with Gasteiger partial charge in [-0.2, -0.15) is 41.7 Å². The summed E-state index contributed by atoms with van der Waals surface area (Å²) in [5, 5.41) is 17.1. The third-order valence-electron chi connectivity index (χ3n) is 8.19. The predicted octanol–water partition coefficient (Wildman–Crippen LogP) is 4.60. The van der Waals surface area contributed by atoms with Crippen LogP contribution in [0.2, 0.25) is 0 Å². The molecule has 0 spiro atoms. The maximum atomic E-state index is 13.4. The summed E-state index contributed by atoms with van der Waals surface area (Å²) >= 11 is 0. The molecule has 1 aliphatic heterocycles. The minimum absolute atomic E-state index is 0.186. The van der Waals surface area contributed by atoms with Gasteiger partial charge in [-0.3, -0.25) is 9.58 Å². The molecule has 2 N–H and O–H groups in total. The quantitative estimate of drug-likeness (QED) is 0.254. The van der Waals surface area contributed by atoms with Crippen molar-refractivity contribution in [2.24, 2.45) is 0 Å². The van der Waals surface area contributed by atoms with Crippen molar-refractivity contribution in [3.05, 3.63) is 48.6 Å². The average Bonchev–Trinajstić information content (AvgIpc) is 3.65. The standard InChI is InChI=1S/C28H28F6N10O/c29-27(30,31)13-36-11-18-9-22(42-25(41-18)28(32,33)34)45-20-3-1-19(2-4-20)43-14-26(15-43,6-7-35)44-12-17(10-40-44)23-21-5-8-37-24(21)39-16-38-23/h5,8-10,12,16,19-20,36H,1-4,6,11,13-15H2,(H,37,38,39)/t19-,20+. The Balaban J connectivity index is 1.07. The summed E-state index contributed by atoms with van der Waals surface area (Å²) in [6.07, 6.45) is -0.132. The average molecular weight is 635 g/mol. The molecule has 6 rings (SSSR count). The third-order valence-corrected chi connectivity index (χ3v) is 8.19. The molecule has 45 heavy (non-hydrogen) atoms. The van der Waals surface area contributed by atoms with E-state index in [-0.39, 0.29) is 24.0 Å². The molecule has 4 aromatic rings. The van der Waals surface area contributed by atoms with Crippen LogP contribution in [0.3, 0.4) is 0 Å². The van der Waals surface area contributed by atoms with Gasteiger partial charge in [-0.1, -0.05) is 0 Å². The molecule has 0 amide bonds. The molecule has 0 atom stereocenters. The van der Waals surface area contributed by atoms with Gasteiger partial charge in [-0.05, 0) is 31.7 Å². The van der Waals surface area contributed by atoms with Crippen LogP contribution in [0.4, 0.5) is 26.3 Å². The molecule has 2 aliphatic rings. The summed E-state index contributed by atoms with van der Waals surface area (Å²) in [5.74, 6) is -1.79. The number of aromatic amines is 1. The SMILES string of the molecule is N#CCC1(n2cc(-c3ncnc4[nH]ccc34)cn2)CN([C@H]2CC[C@@H](Oc3cc(CNCC(F)(F)F)nc(C(F)(F)F)n3)CC2)C1. The summed E-state index contributed by atoms with van der Waals surface area (Å²) < 4.78 is 85.2. The van der Waals surface area contributed by atoms with Crippen LogP contribution < -0.4 is 10.1 Å². The van der Waals surface area contributed by atoms with E-state index in [9.17, 15) is 31.6 Å². The highest BCUT2D eigenvalue weighted by atomic mass is 19.4. The molecule has 4 aromatic heterocycles. The van der Waals surface area contributed by atoms with E-state index in [1.165, 1.54) is 6.33 Å². The highest BCUT2D eigenvalue weighted by Crippen LogP contribution is 2.39. The van der Waals surface area contributed by atoms with Crippen molar-refractivity contribution in [2.45, 2.75) is 68.7 Å². The number of ether oxygens (including phenoxy) is 1. The zero-order valence-electron chi connectivity index (χ0n) is 23.7. The van der Waals surface area contributed by atoms with Gasteiger partial charge in [0.05, 0.1) is 36.6 Å². The minimum Gasteiger partial charge on any atom is -0.474 e. The fraction of sp³-hybridized carbons (Fsp3) is 0.500. The molecular weight excluding hydrogens is 606 g/mol. The van der Waals surface area contributed by atoms with E-state index in [0.717, 1.165) is 22.7 Å². The van der Waals surface area contributed by atoms with Crippen LogP contribution in [0.1, 0.15) is 43.6 Å². The number of hydrogen-bond acceptors (Lipinski definition) is 9. The Morgan fingerprint density at radius 3 is 2.58 bits per heavy atom. The second kappa shape index (κ2) is 11.9. The van der Waals surface area contributed by atoms with Gasteiger partial charge in [0.15, 0.2) is 0 Å². The van der Waals surface area contributed by atoms with Crippen molar-refractivity contribution in [2.75, 3.05) is 19.6 Å². The number of nitriles is 1. The summed E-state index contributed by atoms with van der Waals surface area (Å²) in [5.41, 5.74) is 1.51. The van der Waals surface area contributed by atoms with E-state index in [1.807, 2.05) is 22.3 Å². The Bertz CT molecular complexity index is 1680. The molecule has 0 radical (unpaired) electrons. The van der Waals surface area contributed by atoms with Gasteiger partial charge in [0.2, 0.25) is 11.7 Å². The Morgan fingerprint density at radius 1 is 1.09 bits per heavy atom. The van der Waals surface area contributed by atoms with Crippen LogP contribution >= 0.6 is 0 Å². The number of alkyl halides is 6. The first kappa shape index (κ1) is 30.7. The van der Waals surface area contributed by atoms with E-state index in [4.69, 9.17) is 4.74 Å². The maximum absolute atomic E-state index is 13.4. The van der Waals surface area contributed by atoms with E-state index < -0.39 is 42.9 Å². The van der Waals surface area contributed by atoms with Gasteiger partial charge in [0.1, 0.15) is 23.6 Å². The van der Waals surface area contributed by atoms with Crippen molar-refractivity contribution >= 4 is 11.0 Å². The first-order valence-corrected chi connectivity index (χ1v) is 14.3. The van der Waals surface area contributed by atoms with Crippen molar-refractivity contribution in [3.8, 4) is 23.2 Å². The first-order chi connectivity index (χ1) is 21.4. The van der Waals surface area contributed by atoms with Crippen molar-refractivity contribution in [3.63, 3.8) is 0 Å². The van der Waals surface area contributed by atoms with Gasteiger partial charge in [0, 0.05) is 55.1 Å². The number of rotatable bonds is 9. The Labute approximate surface area is 252 Å². The van der Waals surface area contributed by atoms with Gasteiger partial charge >= 0.3 is 12.4 Å². The van der Waals surface area contributed by atoms with E-state index >= 15 is 0 Å². The molecule has 1 aliphatic carbocycles. The second-order valence-electron chi connectivity index (χ2n) is 11.4. The topological polar surface area (TPSA) is 133 Å². The molecule has 1 saturated carbocycles. The number of fused-ring (bicyclic) bond motifs is 1. The lowest BCUT2D eigenvalue weighted by molar-refractivity contribution is -0.145. The zero-order chi connectivity index (χ0) is 31.8. The number of nitrogens with one attached hydrogen (secondary N) is 2. The summed E-state index contributed by atoms with van der Waals surface area (Å²) in [7, 11) is 0. The molecular formula is C28H28F6N10O. The molecule has 17 heteroatoms.